The van der Waals surface area contributed by atoms with Gasteiger partial charge in [-0.15, -0.1) is 0 Å². The summed E-state index contributed by atoms with van der Waals surface area (Å²) in [7, 11) is 0. The van der Waals surface area contributed by atoms with Gasteiger partial charge in [0.25, 0.3) is 0 Å². The molecule has 0 amide bonds. The lowest BCUT2D eigenvalue weighted by atomic mass is 10.0. The molecule has 0 radical (unpaired) electrons. The molecule has 0 aromatic heterocycles. The third kappa shape index (κ3) is 2.64. The summed E-state index contributed by atoms with van der Waals surface area (Å²) in [4.78, 5) is 0. The van der Waals surface area contributed by atoms with E-state index < -0.39 is 17.6 Å². The van der Waals surface area contributed by atoms with Crippen LogP contribution >= 0.6 is 0 Å². The summed E-state index contributed by atoms with van der Waals surface area (Å²) in [5, 5.41) is 0. The van der Waals surface area contributed by atoms with Crippen molar-refractivity contribution in [1.29, 1.82) is 0 Å². The molecule has 0 atom stereocenters. The highest BCUT2D eigenvalue weighted by Crippen LogP contribution is 2.32. The van der Waals surface area contributed by atoms with Crippen molar-refractivity contribution in [3.8, 4) is 11.1 Å². The molecule has 0 saturated heterocycles. The second-order valence-electron chi connectivity index (χ2n) is 3.59. The van der Waals surface area contributed by atoms with Gasteiger partial charge in [0, 0.05) is 0 Å². The van der Waals surface area contributed by atoms with Crippen molar-refractivity contribution in [2.24, 2.45) is 0 Å². The maximum absolute atomic E-state index is 12.7. The summed E-state index contributed by atoms with van der Waals surface area (Å²) in [6.07, 6.45) is -4.37. The zero-order chi connectivity index (χ0) is 12.5. The SMILES string of the molecule is Fc1ccc(-c2cccc(C(F)(F)F)c2)cc1. The first-order valence-electron chi connectivity index (χ1n) is 4.90. The van der Waals surface area contributed by atoms with Crippen molar-refractivity contribution < 1.29 is 17.6 Å². The fraction of sp³-hybridized carbons (Fsp3) is 0.0769. The van der Waals surface area contributed by atoms with E-state index in [2.05, 4.69) is 0 Å². The van der Waals surface area contributed by atoms with E-state index >= 15 is 0 Å². The highest BCUT2D eigenvalue weighted by Gasteiger charge is 2.30. The van der Waals surface area contributed by atoms with Gasteiger partial charge in [-0.25, -0.2) is 4.39 Å². The first-order chi connectivity index (χ1) is 7.97. The Labute approximate surface area is 95.5 Å². The lowest BCUT2D eigenvalue weighted by Gasteiger charge is -2.08. The Morgan fingerprint density at radius 3 is 2.00 bits per heavy atom. The van der Waals surface area contributed by atoms with Gasteiger partial charge in [0.2, 0.25) is 0 Å². The number of hydrogen-bond donors (Lipinski definition) is 0. The molecule has 2 aromatic rings. The van der Waals surface area contributed by atoms with Crippen molar-refractivity contribution in [2.45, 2.75) is 6.18 Å². The minimum Gasteiger partial charge on any atom is -0.207 e. The van der Waals surface area contributed by atoms with Crippen LogP contribution in [0.2, 0.25) is 0 Å². The molecule has 0 unspecified atom stereocenters. The largest absolute Gasteiger partial charge is 0.416 e. The molecule has 0 aliphatic carbocycles. The van der Waals surface area contributed by atoms with Gasteiger partial charge < -0.3 is 0 Å². The molecule has 0 aliphatic rings. The molecule has 0 spiro atoms. The predicted molar refractivity (Wildman–Crippen MR) is 56.8 cm³/mol. The lowest BCUT2D eigenvalue weighted by molar-refractivity contribution is -0.137. The van der Waals surface area contributed by atoms with Gasteiger partial charge in [-0.3, -0.25) is 0 Å². The summed E-state index contributed by atoms with van der Waals surface area (Å²) in [6, 6.07) is 10.3. The number of benzene rings is 2. The Bertz CT molecular complexity index is 512. The average molecular weight is 240 g/mol. The first kappa shape index (κ1) is 11.6. The molecule has 4 heteroatoms. The van der Waals surface area contributed by atoms with Gasteiger partial charge in [0.05, 0.1) is 5.56 Å². The second-order valence-corrected chi connectivity index (χ2v) is 3.59. The quantitative estimate of drug-likeness (QED) is 0.643. The molecule has 0 nitrogen and oxygen atoms in total. The number of rotatable bonds is 1. The van der Waals surface area contributed by atoms with Crippen LogP contribution in [-0.2, 0) is 6.18 Å². The van der Waals surface area contributed by atoms with E-state index in [4.69, 9.17) is 0 Å². The molecule has 0 fully saturated rings. The van der Waals surface area contributed by atoms with E-state index in [9.17, 15) is 17.6 Å². The van der Waals surface area contributed by atoms with Crippen LogP contribution in [-0.4, -0.2) is 0 Å². The van der Waals surface area contributed by atoms with E-state index in [1.54, 1.807) is 6.07 Å². The minimum absolute atomic E-state index is 0.416. The highest BCUT2D eigenvalue weighted by atomic mass is 19.4. The maximum atomic E-state index is 12.7. The average Bonchev–Trinajstić information content (AvgIpc) is 2.29. The molecule has 0 N–H and O–H groups in total. The minimum atomic E-state index is -4.37. The number of alkyl halides is 3. The van der Waals surface area contributed by atoms with Crippen molar-refractivity contribution >= 4 is 0 Å². The zero-order valence-corrected chi connectivity index (χ0v) is 8.63. The van der Waals surface area contributed by atoms with Crippen LogP contribution < -0.4 is 0 Å². The van der Waals surface area contributed by atoms with Crippen LogP contribution in [0.5, 0.6) is 0 Å². The molecule has 0 saturated carbocycles. The molecular formula is C13H8F4. The smallest absolute Gasteiger partial charge is 0.207 e. The molecular weight excluding hydrogens is 232 g/mol. The fourth-order valence-corrected chi connectivity index (χ4v) is 1.52. The normalized spacial score (nSPS) is 11.5. The molecule has 0 heterocycles. The number of hydrogen-bond acceptors (Lipinski definition) is 0. The van der Waals surface area contributed by atoms with Crippen LogP contribution in [0.1, 0.15) is 5.56 Å². The number of halogens is 4. The zero-order valence-electron chi connectivity index (χ0n) is 8.63. The third-order valence-corrected chi connectivity index (χ3v) is 2.37. The first-order valence-corrected chi connectivity index (χ1v) is 4.90. The summed E-state index contributed by atoms with van der Waals surface area (Å²) < 4.78 is 50.2. The monoisotopic (exact) mass is 240 g/mol. The topological polar surface area (TPSA) is 0 Å². The van der Waals surface area contributed by atoms with Gasteiger partial charge in [0.1, 0.15) is 5.82 Å². The van der Waals surface area contributed by atoms with E-state index in [1.165, 1.54) is 30.3 Å². The Morgan fingerprint density at radius 1 is 0.765 bits per heavy atom. The van der Waals surface area contributed by atoms with Crippen molar-refractivity contribution in [2.75, 3.05) is 0 Å². The Hall–Kier alpha value is -1.84. The lowest BCUT2D eigenvalue weighted by Crippen LogP contribution is -2.04. The molecule has 0 aliphatic heterocycles. The fourth-order valence-electron chi connectivity index (χ4n) is 1.52. The van der Waals surface area contributed by atoms with Crippen LogP contribution in [0, 0.1) is 5.82 Å². The third-order valence-electron chi connectivity index (χ3n) is 2.37. The van der Waals surface area contributed by atoms with E-state index in [-0.39, 0.29) is 0 Å². The Morgan fingerprint density at radius 2 is 1.41 bits per heavy atom. The van der Waals surface area contributed by atoms with Gasteiger partial charge in [-0.1, -0.05) is 24.3 Å². The van der Waals surface area contributed by atoms with Crippen LogP contribution in [0.25, 0.3) is 11.1 Å². The van der Waals surface area contributed by atoms with Crippen LogP contribution in [0.15, 0.2) is 48.5 Å². The summed E-state index contributed by atoms with van der Waals surface area (Å²) >= 11 is 0. The maximum Gasteiger partial charge on any atom is 0.416 e. The molecule has 2 aromatic carbocycles. The van der Waals surface area contributed by atoms with Gasteiger partial charge in [-0.2, -0.15) is 13.2 Å². The van der Waals surface area contributed by atoms with Gasteiger partial charge in [0.15, 0.2) is 0 Å². The Kier molecular flexibility index (Phi) is 2.88. The predicted octanol–water partition coefficient (Wildman–Crippen LogP) is 4.51. The molecule has 2 rings (SSSR count). The second kappa shape index (κ2) is 4.20. The van der Waals surface area contributed by atoms with Gasteiger partial charge >= 0.3 is 6.18 Å². The summed E-state index contributed by atoms with van der Waals surface area (Å²) in [6.45, 7) is 0. The molecule has 17 heavy (non-hydrogen) atoms. The van der Waals surface area contributed by atoms with E-state index in [0.29, 0.717) is 11.1 Å². The van der Waals surface area contributed by atoms with Crippen molar-refractivity contribution in [3.05, 3.63) is 59.9 Å². The Balaban J connectivity index is 2.43. The molecule has 88 valence electrons. The van der Waals surface area contributed by atoms with Crippen LogP contribution in [0.3, 0.4) is 0 Å². The standard InChI is InChI=1S/C13H8F4/c14-12-6-4-9(5-7-12)10-2-1-3-11(8-10)13(15,16)17/h1-8H. The van der Waals surface area contributed by atoms with Crippen LogP contribution in [0.4, 0.5) is 17.6 Å². The highest BCUT2D eigenvalue weighted by molar-refractivity contribution is 5.64. The summed E-state index contributed by atoms with van der Waals surface area (Å²) in [5.41, 5.74) is 0.261. The van der Waals surface area contributed by atoms with Crippen molar-refractivity contribution in [1.82, 2.24) is 0 Å². The van der Waals surface area contributed by atoms with E-state index in [0.717, 1.165) is 12.1 Å². The molecule has 0 bridgehead atoms. The summed E-state index contributed by atoms with van der Waals surface area (Å²) in [5.74, 6) is -0.416. The van der Waals surface area contributed by atoms with Gasteiger partial charge in [-0.05, 0) is 35.4 Å². The van der Waals surface area contributed by atoms with E-state index in [1.807, 2.05) is 0 Å². The van der Waals surface area contributed by atoms with Crippen molar-refractivity contribution in [3.63, 3.8) is 0 Å².